The van der Waals surface area contributed by atoms with Crippen LogP contribution in [0.1, 0.15) is 18.3 Å². The summed E-state index contributed by atoms with van der Waals surface area (Å²) in [6, 6.07) is 16.0. The third-order valence-electron chi connectivity index (χ3n) is 3.31. The van der Waals surface area contributed by atoms with Crippen LogP contribution in [0.25, 0.3) is 5.69 Å². The predicted octanol–water partition coefficient (Wildman–Crippen LogP) is 2.41. The van der Waals surface area contributed by atoms with Crippen molar-refractivity contribution in [3.05, 3.63) is 59.9 Å². The van der Waals surface area contributed by atoms with Gasteiger partial charge in [-0.1, -0.05) is 29.4 Å². The Morgan fingerprint density at radius 1 is 1.09 bits per heavy atom. The molecule has 1 atom stereocenters. The number of nitrogens with zero attached hydrogens (tertiary/aromatic N) is 5. The number of tetrazole rings is 1. The molecule has 0 spiro atoms. The molecule has 6 heteroatoms. The molecule has 2 aromatic heterocycles. The van der Waals surface area contributed by atoms with Gasteiger partial charge < -0.3 is 5.32 Å². The molecule has 3 aromatic rings. The lowest BCUT2D eigenvalue weighted by atomic mass is 10.1. The van der Waals surface area contributed by atoms with E-state index in [0.29, 0.717) is 5.95 Å². The summed E-state index contributed by atoms with van der Waals surface area (Å²) in [5.74, 6) is 0.631. The molecule has 112 valence electrons. The Hall–Kier alpha value is -2.76. The molecule has 0 radical (unpaired) electrons. The minimum Gasteiger partial charge on any atom is -0.350 e. The van der Waals surface area contributed by atoms with Crippen LogP contribution in [-0.2, 0) is 6.42 Å². The molecule has 0 saturated carbocycles. The van der Waals surface area contributed by atoms with Crippen molar-refractivity contribution in [2.45, 2.75) is 26.3 Å². The van der Waals surface area contributed by atoms with E-state index in [-0.39, 0.29) is 6.04 Å². The van der Waals surface area contributed by atoms with Crippen molar-refractivity contribution in [3.63, 3.8) is 0 Å². The lowest BCUT2D eigenvalue weighted by molar-refractivity contribution is 0.741. The Balaban J connectivity index is 1.73. The van der Waals surface area contributed by atoms with Gasteiger partial charge in [0.05, 0.1) is 5.69 Å². The summed E-state index contributed by atoms with van der Waals surface area (Å²) in [6.45, 7) is 4.09. The minimum atomic E-state index is 0.169. The van der Waals surface area contributed by atoms with Crippen molar-refractivity contribution in [2.24, 2.45) is 0 Å². The second kappa shape index (κ2) is 6.34. The molecule has 6 nitrogen and oxygen atoms in total. The molecule has 0 saturated heterocycles. The van der Waals surface area contributed by atoms with E-state index >= 15 is 0 Å². The number of para-hydroxylation sites is 1. The fraction of sp³-hybridized carbons (Fsp3) is 0.250. The molecule has 0 unspecified atom stereocenters. The molecule has 0 aliphatic heterocycles. The van der Waals surface area contributed by atoms with Crippen molar-refractivity contribution in [1.82, 2.24) is 25.2 Å². The first kappa shape index (κ1) is 14.2. The van der Waals surface area contributed by atoms with Crippen molar-refractivity contribution in [3.8, 4) is 5.69 Å². The smallest absolute Gasteiger partial charge is 0.247 e. The molecule has 0 aliphatic rings. The number of aromatic nitrogens is 5. The van der Waals surface area contributed by atoms with Crippen LogP contribution in [0, 0.1) is 6.92 Å². The Bertz CT molecular complexity index is 737. The Labute approximate surface area is 129 Å². The van der Waals surface area contributed by atoms with Crippen LogP contribution in [0.5, 0.6) is 0 Å². The van der Waals surface area contributed by atoms with Gasteiger partial charge in [-0.2, -0.15) is 4.68 Å². The molecule has 0 amide bonds. The highest BCUT2D eigenvalue weighted by Gasteiger charge is 2.12. The fourth-order valence-corrected chi connectivity index (χ4v) is 2.32. The second-order valence-electron chi connectivity index (χ2n) is 5.27. The average molecular weight is 294 g/mol. The Kier molecular flexibility index (Phi) is 4.09. The Morgan fingerprint density at radius 3 is 2.68 bits per heavy atom. The van der Waals surface area contributed by atoms with Crippen molar-refractivity contribution in [1.29, 1.82) is 0 Å². The number of aryl methyl sites for hydroxylation is 1. The topological polar surface area (TPSA) is 68.5 Å². The third kappa shape index (κ3) is 3.28. The predicted molar refractivity (Wildman–Crippen MR) is 84.9 cm³/mol. The molecule has 0 aliphatic carbocycles. The number of nitrogens with one attached hydrogen (secondary N) is 1. The zero-order valence-electron chi connectivity index (χ0n) is 12.6. The number of pyridine rings is 1. The number of rotatable bonds is 5. The zero-order valence-corrected chi connectivity index (χ0v) is 12.6. The summed E-state index contributed by atoms with van der Waals surface area (Å²) in [4.78, 5) is 4.52. The van der Waals surface area contributed by atoms with E-state index in [1.54, 1.807) is 4.68 Å². The van der Waals surface area contributed by atoms with Gasteiger partial charge in [0.25, 0.3) is 0 Å². The quantitative estimate of drug-likeness (QED) is 0.782. The van der Waals surface area contributed by atoms with Crippen LogP contribution in [0.3, 0.4) is 0 Å². The molecular formula is C16H18N6. The minimum absolute atomic E-state index is 0.169. The molecular weight excluding hydrogens is 276 g/mol. The highest BCUT2D eigenvalue weighted by atomic mass is 15.6. The maximum absolute atomic E-state index is 4.52. The van der Waals surface area contributed by atoms with Crippen molar-refractivity contribution in [2.75, 3.05) is 5.32 Å². The first-order valence-corrected chi connectivity index (χ1v) is 7.25. The van der Waals surface area contributed by atoms with Gasteiger partial charge in [0.15, 0.2) is 0 Å². The highest BCUT2D eigenvalue weighted by molar-refractivity contribution is 5.38. The fourth-order valence-electron chi connectivity index (χ4n) is 2.32. The van der Waals surface area contributed by atoms with Gasteiger partial charge >= 0.3 is 0 Å². The normalized spacial score (nSPS) is 12.1. The number of hydrogen-bond donors (Lipinski definition) is 1. The molecule has 3 rings (SSSR count). The van der Waals surface area contributed by atoms with E-state index in [0.717, 1.165) is 23.5 Å². The van der Waals surface area contributed by atoms with Crippen LogP contribution in [-0.4, -0.2) is 31.2 Å². The van der Waals surface area contributed by atoms with Gasteiger partial charge in [0.2, 0.25) is 5.95 Å². The van der Waals surface area contributed by atoms with Crippen LogP contribution in [0.4, 0.5) is 5.95 Å². The lowest BCUT2D eigenvalue weighted by Gasteiger charge is -2.14. The summed E-state index contributed by atoms with van der Waals surface area (Å²) in [6.07, 6.45) is 0.809. The monoisotopic (exact) mass is 294 g/mol. The summed E-state index contributed by atoms with van der Waals surface area (Å²) >= 11 is 0. The molecule has 0 bridgehead atoms. The van der Waals surface area contributed by atoms with Crippen LogP contribution < -0.4 is 5.32 Å². The second-order valence-corrected chi connectivity index (χ2v) is 5.27. The van der Waals surface area contributed by atoms with E-state index in [1.165, 1.54) is 0 Å². The first-order chi connectivity index (χ1) is 10.7. The van der Waals surface area contributed by atoms with E-state index in [9.17, 15) is 0 Å². The van der Waals surface area contributed by atoms with Gasteiger partial charge in [-0.15, -0.1) is 0 Å². The van der Waals surface area contributed by atoms with Gasteiger partial charge in [-0.05, 0) is 48.5 Å². The van der Waals surface area contributed by atoms with Crippen molar-refractivity contribution >= 4 is 5.95 Å². The molecule has 2 heterocycles. The Morgan fingerprint density at radius 2 is 1.91 bits per heavy atom. The summed E-state index contributed by atoms with van der Waals surface area (Å²) < 4.78 is 1.69. The van der Waals surface area contributed by atoms with E-state index < -0.39 is 0 Å². The summed E-state index contributed by atoms with van der Waals surface area (Å²) in [7, 11) is 0. The molecule has 22 heavy (non-hydrogen) atoms. The number of benzene rings is 1. The molecule has 0 fully saturated rings. The standard InChI is InChI=1S/C16H18N6/c1-12-7-6-8-14(17-12)11-13(2)18-16-19-20-21-22(16)15-9-4-3-5-10-15/h3-10,13H,11H2,1-2H3,(H,18,19,21)/t13-/m1/s1. The average Bonchev–Trinajstić information content (AvgIpc) is 2.96. The molecule has 1 aromatic carbocycles. The third-order valence-corrected chi connectivity index (χ3v) is 3.31. The maximum Gasteiger partial charge on any atom is 0.247 e. The largest absolute Gasteiger partial charge is 0.350 e. The van der Waals surface area contributed by atoms with Crippen molar-refractivity contribution < 1.29 is 0 Å². The maximum atomic E-state index is 4.52. The van der Waals surface area contributed by atoms with Gasteiger partial charge in [0.1, 0.15) is 0 Å². The zero-order chi connectivity index (χ0) is 15.4. The van der Waals surface area contributed by atoms with E-state index in [2.05, 4.69) is 32.7 Å². The van der Waals surface area contributed by atoms with E-state index in [4.69, 9.17) is 0 Å². The first-order valence-electron chi connectivity index (χ1n) is 7.25. The van der Waals surface area contributed by atoms with Gasteiger partial charge in [-0.25, -0.2) is 0 Å². The number of hydrogen-bond acceptors (Lipinski definition) is 5. The lowest BCUT2D eigenvalue weighted by Crippen LogP contribution is -2.21. The highest BCUT2D eigenvalue weighted by Crippen LogP contribution is 2.12. The van der Waals surface area contributed by atoms with Crippen LogP contribution in [0.2, 0.25) is 0 Å². The number of anilines is 1. The SMILES string of the molecule is Cc1cccc(C[C@@H](C)Nc2nnnn2-c2ccccc2)n1. The summed E-state index contributed by atoms with van der Waals surface area (Å²) in [5, 5.41) is 15.2. The van der Waals surface area contributed by atoms with Crippen LogP contribution >= 0.6 is 0 Å². The summed E-state index contributed by atoms with van der Waals surface area (Å²) in [5.41, 5.74) is 3.01. The van der Waals surface area contributed by atoms with E-state index in [1.807, 2.05) is 55.5 Å². The molecule has 1 N–H and O–H groups in total. The van der Waals surface area contributed by atoms with Gasteiger partial charge in [0, 0.05) is 23.9 Å². The van der Waals surface area contributed by atoms with Crippen LogP contribution in [0.15, 0.2) is 48.5 Å². The van der Waals surface area contributed by atoms with Gasteiger partial charge in [-0.3, -0.25) is 4.98 Å².